The molecule has 0 saturated carbocycles. The quantitative estimate of drug-likeness (QED) is 0.596. The van der Waals surface area contributed by atoms with E-state index in [2.05, 4.69) is 0 Å². The minimum Gasteiger partial charge on any atom is -0.480 e. The normalized spacial score (nSPS) is 13.2. The molecule has 0 unspecified atom stereocenters. The highest BCUT2D eigenvalue weighted by atomic mass is 32.2. The van der Waals surface area contributed by atoms with Gasteiger partial charge in [0.05, 0.1) is 5.56 Å². The minimum absolute atomic E-state index is 0.290. The van der Waals surface area contributed by atoms with Crippen molar-refractivity contribution in [2.75, 3.05) is 17.3 Å². The Hall–Kier alpha value is -0.860. The first-order chi connectivity index (χ1) is 9.30. The number of benzene rings is 1. The van der Waals surface area contributed by atoms with Gasteiger partial charge in [-0.2, -0.15) is 24.9 Å². The van der Waals surface area contributed by atoms with E-state index < -0.39 is 23.8 Å². The Kier molecular flexibility index (Phi) is 6.70. The molecule has 0 radical (unpaired) electrons. The van der Waals surface area contributed by atoms with Crippen molar-refractivity contribution >= 4 is 29.5 Å². The molecule has 3 nitrogen and oxygen atoms in total. The van der Waals surface area contributed by atoms with Gasteiger partial charge in [-0.05, 0) is 18.2 Å². The Morgan fingerprint density at radius 1 is 1.35 bits per heavy atom. The van der Waals surface area contributed by atoms with E-state index in [-0.39, 0.29) is 0 Å². The summed E-state index contributed by atoms with van der Waals surface area (Å²) in [5.74, 6) is 0.460. The highest BCUT2D eigenvalue weighted by Gasteiger charge is 2.30. The van der Waals surface area contributed by atoms with E-state index in [1.165, 1.54) is 29.6 Å². The lowest BCUT2D eigenvalue weighted by Gasteiger charge is -2.09. The Balaban J connectivity index is 2.34. The van der Waals surface area contributed by atoms with E-state index in [0.29, 0.717) is 22.2 Å². The smallest absolute Gasteiger partial charge is 0.416 e. The zero-order valence-corrected chi connectivity index (χ0v) is 12.0. The maximum Gasteiger partial charge on any atom is 0.416 e. The number of hydrogen-bond acceptors (Lipinski definition) is 4. The van der Waals surface area contributed by atoms with Gasteiger partial charge >= 0.3 is 12.1 Å². The third kappa shape index (κ3) is 6.06. The van der Waals surface area contributed by atoms with Crippen LogP contribution in [0.2, 0.25) is 0 Å². The average Bonchev–Trinajstić information content (AvgIpc) is 2.37. The Morgan fingerprint density at radius 3 is 2.65 bits per heavy atom. The summed E-state index contributed by atoms with van der Waals surface area (Å²) in [7, 11) is 0. The van der Waals surface area contributed by atoms with Crippen molar-refractivity contribution in [2.24, 2.45) is 5.73 Å². The summed E-state index contributed by atoms with van der Waals surface area (Å²) in [6, 6.07) is 4.23. The number of hydrogen-bond donors (Lipinski definition) is 2. The summed E-state index contributed by atoms with van der Waals surface area (Å²) in [5.41, 5.74) is 4.66. The summed E-state index contributed by atoms with van der Waals surface area (Å²) in [5, 5.41) is 8.57. The largest absolute Gasteiger partial charge is 0.480 e. The Bertz CT molecular complexity index is 455. The maximum absolute atomic E-state index is 12.5. The first-order valence-electron chi connectivity index (χ1n) is 5.67. The molecule has 3 N–H and O–H groups in total. The lowest BCUT2D eigenvalue weighted by molar-refractivity contribution is -0.138. The molecule has 0 aliphatic rings. The molecule has 0 fully saturated rings. The lowest BCUT2D eigenvalue weighted by atomic mass is 10.2. The van der Waals surface area contributed by atoms with Gasteiger partial charge in [-0.15, -0.1) is 11.8 Å². The van der Waals surface area contributed by atoms with Crippen LogP contribution >= 0.6 is 23.5 Å². The molecule has 0 aromatic heterocycles. The average molecular weight is 325 g/mol. The van der Waals surface area contributed by atoms with Crippen LogP contribution in [0.4, 0.5) is 13.2 Å². The summed E-state index contributed by atoms with van der Waals surface area (Å²) in [4.78, 5) is 11.0. The predicted molar refractivity (Wildman–Crippen MR) is 75.1 cm³/mol. The number of carboxylic acid groups (broad SMARTS) is 1. The molecule has 1 rings (SSSR count). The van der Waals surface area contributed by atoms with Crippen molar-refractivity contribution < 1.29 is 23.1 Å². The van der Waals surface area contributed by atoms with Gasteiger partial charge in [0, 0.05) is 22.2 Å². The molecule has 0 amide bonds. The van der Waals surface area contributed by atoms with Crippen LogP contribution in [0.15, 0.2) is 29.2 Å². The van der Waals surface area contributed by atoms with E-state index >= 15 is 0 Å². The highest BCUT2D eigenvalue weighted by molar-refractivity contribution is 8.03. The molecule has 1 aromatic carbocycles. The molecule has 0 aliphatic heterocycles. The molecule has 0 bridgehead atoms. The summed E-state index contributed by atoms with van der Waals surface area (Å²) in [6.07, 6.45) is -4.33. The SMILES string of the molecule is N[C@@H](CSCCSc1cccc(C(F)(F)F)c1)C(=O)O. The number of carbonyl (C=O) groups is 1. The Morgan fingerprint density at radius 2 is 2.05 bits per heavy atom. The molecule has 0 saturated heterocycles. The zero-order chi connectivity index (χ0) is 15.2. The first-order valence-corrected chi connectivity index (χ1v) is 7.81. The van der Waals surface area contributed by atoms with Crippen LogP contribution < -0.4 is 5.73 Å². The Labute approximate surface area is 123 Å². The third-order valence-electron chi connectivity index (χ3n) is 2.27. The molecule has 0 aliphatic carbocycles. The molecule has 0 spiro atoms. The molecule has 112 valence electrons. The van der Waals surface area contributed by atoms with Gasteiger partial charge in [-0.25, -0.2) is 0 Å². The van der Waals surface area contributed by atoms with Gasteiger partial charge in [-0.3, -0.25) is 4.79 Å². The van der Waals surface area contributed by atoms with Crippen molar-refractivity contribution in [2.45, 2.75) is 17.1 Å². The molecule has 20 heavy (non-hydrogen) atoms. The third-order valence-corrected chi connectivity index (χ3v) is 4.61. The minimum atomic E-state index is -4.33. The lowest BCUT2D eigenvalue weighted by Crippen LogP contribution is -2.32. The molecule has 1 aromatic rings. The topological polar surface area (TPSA) is 63.3 Å². The van der Waals surface area contributed by atoms with Crippen LogP contribution in [0.5, 0.6) is 0 Å². The van der Waals surface area contributed by atoms with Crippen molar-refractivity contribution in [3.8, 4) is 0 Å². The predicted octanol–water partition coefficient (Wildman–Crippen LogP) is 2.94. The van der Waals surface area contributed by atoms with Crippen molar-refractivity contribution in [1.29, 1.82) is 0 Å². The second-order valence-electron chi connectivity index (χ2n) is 3.89. The van der Waals surface area contributed by atoms with Crippen LogP contribution in [0.1, 0.15) is 5.56 Å². The van der Waals surface area contributed by atoms with Crippen LogP contribution in [-0.4, -0.2) is 34.4 Å². The van der Waals surface area contributed by atoms with Gasteiger partial charge in [0.15, 0.2) is 0 Å². The van der Waals surface area contributed by atoms with Crippen molar-refractivity contribution in [3.63, 3.8) is 0 Å². The number of nitrogens with two attached hydrogens (primary N) is 1. The van der Waals surface area contributed by atoms with E-state index in [1.807, 2.05) is 0 Å². The van der Waals surface area contributed by atoms with E-state index in [9.17, 15) is 18.0 Å². The summed E-state index contributed by atoms with van der Waals surface area (Å²) >= 11 is 2.67. The number of alkyl halides is 3. The molecular weight excluding hydrogens is 311 g/mol. The number of carboxylic acids is 1. The van der Waals surface area contributed by atoms with E-state index in [4.69, 9.17) is 10.8 Å². The van der Waals surface area contributed by atoms with Crippen molar-refractivity contribution in [3.05, 3.63) is 29.8 Å². The molecular formula is C12H14F3NO2S2. The highest BCUT2D eigenvalue weighted by Crippen LogP contribution is 2.31. The second kappa shape index (κ2) is 7.80. The first kappa shape index (κ1) is 17.2. The monoisotopic (exact) mass is 325 g/mol. The van der Waals surface area contributed by atoms with Crippen LogP contribution in [0, 0.1) is 0 Å². The fourth-order valence-corrected chi connectivity index (χ4v) is 3.25. The number of aliphatic carboxylic acids is 1. The molecule has 0 heterocycles. The summed E-state index contributed by atoms with van der Waals surface area (Å²) in [6.45, 7) is 0. The number of rotatable bonds is 7. The van der Waals surface area contributed by atoms with Gasteiger partial charge in [-0.1, -0.05) is 6.07 Å². The molecule has 1 atom stereocenters. The van der Waals surface area contributed by atoms with Crippen LogP contribution in [0.25, 0.3) is 0 Å². The van der Waals surface area contributed by atoms with Gasteiger partial charge in [0.2, 0.25) is 0 Å². The van der Waals surface area contributed by atoms with Crippen LogP contribution in [0.3, 0.4) is 0 Å². The van der Waals surface area contributed by atoms with Gasteiger partial charge in [0.1, 0.15) is 6.04 Å². The number of halogens is 3. The van der Waals surface area contributed by atoms with Gasteiger partial charge < -0.3 is 10.8 Å². The van der Waals surface area contributed by atoms with E-state index in [1.54, 1.807) is 6.07 Å². The fraction of sp³-hybridized carbons (Fsp3) is 0.417. The maximum atomic E-state index is 12.5. The van der Waals surface area contributed by atoms with Crippen LogP contribution in [-0.2, 0) is 11.0 Å². The standard InChI is InChI=1S/C12H14F3NO2S2/c13-12(14,15)8-2-1-3-9(6-8)20-5-4-19-7-10(16)11(17)18/h1-3,6,10H,4-5,7,16H2,(H,17,18)/t10-/m0/s1. The summed E-state index contributed by atoms with van der Waals surface area (Å²) < 4.78 is 37.5. The van der Waals surface area contributed by atoms with Gasteiger partial charge in [0.25, 0.3) is 0 Å². The second-order valence-corrected chi connectivity index (χ2v) is 6.21. The van der Waals surface area contributed by atoms with E-state index in [0.717, 1.165) is 12.1 Å². The molecule has 8 heteroatoms. The fourth-order valence-electron chi connectivity index (χ4n) is 1.26. The van der Waals surface area contributed by atoms with Crippen molar-refractivity contribution in [1.82, 2.24) is 0 Å². The zero-order valence-electron chi connectivity index (χ0n) is 10.4. The number of thioether (sulfide) groups is 2.